The summed E-state index contributed by atoms with van der Waals surface area (Å²) in [6.07, 6.45) is 8.30. The summed E-state index contributed by atoms with van der Waals surface area (Å²) < 4.78 is 2.03. The van der Waals surface area contributed by atoms with Crippen LogP contribution in [0.1, 0.15) is 35.1 Å². The topological polar surface area (TPSA) is 73.1 Å². The van der Waals surface area contributed by atoms with E-state index < -0.39 is 0 Å². The van der Waals surface area contributed by atoms with Crippen LogP contribution in [-0.2, 0) is 0 Å². The summed E-state index contributed by atoms with van der Waals surface area (Å²) in [5.74, 6) is 1.88. The van der Waals surface area contributed by atoms with Crippen LogP contribution < -0.4 is 4.90 Å². The molecule has 1 atom stereocenters. The SMILES string of the molecule is CN1CCN(CC2CC2)CC1c1nnc2ccc(C(=O)N3CCN(c4ccncc4)CC3)cn12. The van der Waals surface area contributed by atoms with E-state index in [-0.39, 0.29) is 11.9 Å². The molecular weight excluding hydrogens is 428 g/mol. The Morgan fingerprint density at radius 3 is 2.53 bits per heavy atom. The van der Waals surface area contributed by atoms with Gasteiger partial charge in [-0.3, -0.25) is 24.0 Å². The molecule has 3 aromatic heterocycles. The minimum atomic E-state index is 0.0725. The first-order valence-electron chi connectivity index (χ1n) is 12.4. The minimum absolute atomic E-state index is 0.0725. The van der Waals surface area contributed by atoms with Gasteiger partial charge in [-0.2, -0.15) is 0 Å². The van der Waals surface area contributed by atoms with Crippen LogP contribution in [0.25, 0.3) is 5.65 Å². The second kappa shape index (κ2) is 8.96. The summed E-state index contributed by atoms with van der Waals surface area (Å²) in [7, 11) is 2.16. The third kappa shape index (κ3) is 4.25. The summed E-state index contributed by atoms with van der Waals surface area (Å²) in [4.78, 5) is 26.7. The van der Waals surface area contributed by atoms with Gasteiger partial charge >= 0.3 is 0 Å². The highest BCUT2D eigenvalue weighted by Crippen LogP contribution is 2.32. The number of amides is 1. The number of carbonyl (C=O) groups excluding carboxylic acids is 1. The second-order valence-corrected chi connectivity index (χ2v) is 9.89. The zero-order valence-corrected chi connectivity index (χ0v) is 19.8. The van der Waals surface area contributed by atoms with Crippen molar-refractivity contribution >= 4 is 17.2 Å². The predicted molar refractivity (Wildman–Crippen MR) is 130 cm³/mol. The molecule has 6 rings (SSSR count). The molecule has 0 bridgehead atoms. The zero-order valence-electron chi connectivity index (χ0n) is 19.8. The van der Waals surface area contributed by atoms with E-state index in [1.54, 1.807) is 0 Å². The van der Waals surface area contributed by atoms with Crippen molar-refractivity contribution in [2.75, 3.05) is 64.3 Å². The molecule has 34 heavy (non-hydrogen) atoms. The number of hydrogen-bond donors (Lipinski definition) is 0. The highest BCUT2D eigenvalue weighted by Gasteiger charge is 2.33. The average molecular weight is 461 g/mol. The van der Waals surface area contributed by atoms with E-state index in [2.05, 4.69) is 36.9 Å². The number of pyridine rings is 2. The zero-order chi connectivity index (χ0) is 23.1. The van der Waals surface area contributed by atoms with Crippen LogP contribution in [0.2, 0.25) is 0 Å². The summed E-state index contributed by atoms with van der Waals surface area (Å²) >= 11 is 0. The Morgan fingerprint density at radius 1 is 0.971 bits per heavy atom. The second-order valence-electron chi connectivity index (χ2n) is 9.89. The van der Waals surface area contributed by atoms with Crippen molar-refractivity contribution in [3.05, 3.63) is 54.2 Å². The first kappa shape index (κ1) is 21.5. The van der Waals surface area contributed by atoms with Crippen molar-refractivity contribution < 1.29 is 4.79 Å². The number of carbonyl (C=O) groups is 1. The minimum Gasteiger partial charge on any atom is -0.368 e. The normalized spacial score (nSPS) is 22.4. The molecule has 0 spiro atoms. The molecule has 1 amide bonds. The Morgan fingerprint density at radius 2 is 1.76 bits per heavy atom. The quantitative estimate of drug-likeness (QED) is 0.575. The molecule has 0 radical (unpaired) electrons. The molecule has 3 aromatic rings. The third-order valence-electron chi connectivity index (χ3n) is 7.51. The fourth-order valence-electron chi connectivity index (χ4n) is 5.21. The first-order valence-corrected chi connectivity index (χ1v) is 12.4. The van der Waals surface area contributed by atoms with Crippen LogP contribution >= 0.6 is 0 Å². The van der Waals surface area contributed by atoms with E-state index in [0.29, 0.717) is 18.7 Å². The summed E-state index contributed by atoms with van der Waals surface area (Å²) in [6.45, 7) is 7.33. The van der Waals surface area contributed by atoms with Gasteiger partial charge in [-0.25, -0.2) is 0 Å². The lowest BCUT2D eigenvalue weighted by Gasteiger charge is -2.38. The highest BCUT2D eigenvalue weighted by atomic mass is 16.2. The Bertz CT molecular complexity index is 1150. The lowest BCUT2D eigenvalue weighted by atomic mass is 10.1. The number of rotatable bonds is 5. The van der Waals surface area contributed by atoms with E-state index in [1.807, 2.05) is 52.2 Å². The summed E-state index contributed by atoms with van der Waals surface area (Å²) in [5.41, 5.74) is 2.64. The molecule has 3 fully saturated rings. The standard InChI is InChI=1S/C25H32N8O/c1-29-10-11-30(16-19-2-3-19)18-22(29)24-28-27-23-5-4-20(17-33(23)24)25(34)32-14-12-31(13-15-32)21-6-8-26-9-7-21/h4-9,17,19,22H,2-3,10-16,18H2,1H3. The van der Waals surface area contributed by atoms with Crippen molar-refractivity contribution in [3.63, 3.8) is 0 Å². The number of piperazine rings is 2. The lowest BCUT2D eigenvalue weighted by molar-refractivity contribution is 0.0745. The smallest absolute Gasteiger partial charge is 0.255 e. The maximum atomic E-state index is 13.4. The molecule has 0 N–H and O–H groups in total. The van der Waals surface area contributed by atoms with Crippen LogP contribution in [0.15, 0.2) is 42.9 Å². The van der Waals surface area contributed by atoms with E-state index in [9.17, 15) is 4.79 Å². The van der Waals surface area contributed by atoms with Gasteiger partial charge in [0.2, 0.25) is 0 Å². The molecule has 1 aliphatic carbocycles. The number of fused-ring (bicyclic) bond motifs is 1. The van der Waals surface area contributed by atoms with Crippen molar-refractivity contribution in [1.82, 2.24) is 34.3 Å². The molecule has 1 saturated carbocycles. The number of hydrogen-bond acceptors (Lipinski definition) is 7. The Balaban J connectivity index is 1.18. The van der Waals surface area contributed by atoms with Crippen LogP contribution in [0, 0.1) is 5.92 Å². The Kier molecular flexibility index (Phi) is 5.66. The van der Waals surface area contributed by atoms with Gasteiger partial charge in [0.05, 0.1) is 11.6 Å². The number of nitrogens with zero attached hydrogens (tertiary/aromatic N) is 8. The van der Waals surface area contributed by atoms with Crippen LogP contribution in [0.4, 0.5) is 5.69 Å². The molecule has 178 valence electrons. The molecule has 9 heteroatoms. The lowest BCUT2D eigenvalue weighted by Crippen LogP contribution is -2.49. The Hall–Kier alpha value is -3.04. The van der Waals surface area contributed by atoms with E-state index >= 15 is 0 Å². The molecular formula is C25H32N8O. The van der Waals surface area contributed by atoms with Gasteiger partial charge in [0.1, 0.15) is 0 Å². The molecule has 2 aliphatic heterocycles. The largest absolute Gasteiger partial charge is 0.368 e. The molecule has 9 nitrogen and oxygen atoms in total. The average Bonchev–Trinajstić information content (AvgIpc) is 3.61. The molecule has 5 heterocycles. The van der Waals surface area contributed by atoms with E-state index in [0.717, 1.165) is 55.8 Å². The molecule has 1 unspecified atom stereocenters. The van der Waals surface area contributed by atoms with Gasteiger partial charge in [-0.1, -0.05) is 0 Å². The predicted octanol–water partition coefficient (Wildman–Crippen LogP) is 1.79. The van der Waals surface area contributed by atoms with Gasteiger partial charge in [-0.05, 0) is 50.1 Å². The molecule has 0 aromatic carbocycles. The van der Waals surface area contributed by atoms with E-state index in [1.165, 1.54) is 19.4 Å². The van der Waals surface area contributed by atoms with Crippen LogP contribution in [0.5, 0.6) is 0 Å². The van der Waals surface area contributed by atoms with Gasteiger partial charge in [-0.15, -0.1) is 10.2 Å². The van der Waals surface area contributed by atoms with Gasteiger partial charge in [0.15, 0.2) is 11.5 Å². The highest BCUT2D eigenvalue weighted by molar-refractivity contribution is 5.94. The summed E-state index contributed by atoms with van der Waals surface area (Å²) in [6, 6.07) is 8.02. The van der Waals surface area contributed by atoms with Gasteiger partial charge in [0, 0.05) is 76.6 Å². The van der Waals surface area contributed by atoms with Crippen molar-refractivity contribution in [2.45, 2.75) is 18.9 Å². The van der Waals surface area contributed by atoms with Crippen LogP contribution in [-0.4, -0.2) is 99.6 Å². The summed E-state index contributed by atoms with van der Waals surface area (Å²) in [5, 5.41) is 8.98. The number of likely N-dealkylation sites (N-methyl/N-ethyl adjacent to an activating group) is 1. The fraction of sp³-hybridized carbons (Fsp3) is 0.520. The molecule has 3 aliphatic rings. The number of anilines is 1. The monoisotopic (exact) mass is 460 g/mol. The van der Waals surface area contributed by atoms with E-state index in [4.69, 9.17) is 0 Å². The van der Waals surface area contributed by atoms with Gasteiger partial charge in [0.25, 0.3) is 5.91 Å². The van der Waals surface area contributed by atoms with Crippen LogP contribution in [0.3, 0.4) is 0 Å². The first-order chi connectivity index (χ1) is 16.7. The maximum absolute atomic E-state index is 13.4. The van der Waals surface area contributed by atoms with Crippen molar-refractivity contribution in [1.29, 1.82) is 0 Å². The maximum Gasteiger partial charge on any atom is 0.255 e. The Labute approximate surface area is 200 Å². The van der Waals surface area contributed by atoms with Crippen molar-refractivity contribution in [3.8, 4) is 0 Å². The van der Waals surface area contributed by atoms with Gasteiger partial charge < -0.3 is 9.80 Å². The number of aromatic nitrogens is 4. The molecule has 2 saturated heterocycles. The van der Waals surface area contributed by atoms with Crippen molar-refractivity contribution in [2.24, 2.45) is 5.92 Å². The third-order valence-corrected chi connectivity index (χ3v) is 7.51. The fourth-order valence-corrected chi connectivity index (χ4v) is 5.21.